The highest BCUT2D eigenvalue weighted by atomic mass is 16.6. The van der Waals surface area contributed by atoms with Crippen LogP contribution in [0.1, 0.15) is 104 Å². The second-order valence-corrected chi connectivity index (χ2v) is 8.77. The molecular formula is C24H42O5. The molecule has 0 bridgehead atoms. The summed E-state index contributed by atoms with van der Waals surface area (Å²) >= 11 is 0. The van der Waals surface area contributed by atoms with Gasteiger partial charge < -0.3 is 14.2 Å². The van der Waals surface area contributed by atoms with Gasteiger partial charge in [0.2, 0.25) is 0 Å². The molecule has 0 N–H and O–H groups in total. The van der Waals surface area contributed by atoms with E-state index in [4.69, 9.17) is 14.2 Å². The van der Waals surface area contributed by atoms with Crippen molar-refractivity contribution in [2.24, 2.45) is 11.8 Å². The maximum atomic E-state index is 12.6. The van der Waals surface area contributed by atoms with Gasteiger partial charge in [-0.15, -0.1) is 0 Å². The summed E-state index contributed by atoms with van der Waals surface area (Å²) in [6.07, 6.45) is 15.3. The summed E-state index contributed by atoms with van der Waals surface area (Å²) < 4.78 is 16.6. The third-order valence-corrected chi connectivity index (χ3v) is 6.24. The number of rotatable bonds is 16. The fourth-order valence-corrected chi connectivity index (χ4v) is 4.27. The predicted octanol–water partition coefficient (Wildman–Crippen LogP) is 5.59. The molecule has 1 heterocycles. The van der Waals surface area contributed by atoms with Crippen LogP contribution >= 0.6 is 0 Å². The maximum Gasteiger partial charge on any atom is 0.309 e. The Balaban J connectivity index is 1.65. The van der Waals surface area contributed by atoms with Gasteiger partial charge in [0.25, 0.3) is 0 Å². The topological polar surface area (TPSA) is 65.1 Å². The summed E-state index contributed by atoms with van der Waals surface area (Å²) in [6.45, 7) is 5.32. The Bertz CT molecular complexity index is 436. The van der Waals surface area contributed by atoms with Crippen LogP contribution in [0, 0.1) is 11.8 Å². The maximum absolute atomic E-state index is 12.6. The predicted molar refractivity (Wildman–Crippen MR) is 114 cm³/mol. The molecule has 0 radical (unpaired) electrons. The first-order valence-corrected chi connectivity index (χ1v) is 12.2. The second kappa shape index (κ2) is 14.0. The number of esters is 2. The zero-order valence-corrected chi connectivity index (χ0v) is 18.7. The van der Waals surface area contributed by atoms with Crippen molar-refractivity contribution in [3.8, 4) is 0 Å². The lowest BCUT2D eigenvalue weighted by Gasteiger charge is -2.26. The molecule has 168 valence electrons. The Kier molecular flexibility index (Phi) is 11.7. The largest absolute Gasteiger partial charge is 0.465 e. The number of unbranched alkanes of at least 4 members (excludes halogenated alkanes) is 10. The zero-order chi connectivity index (χ0) is 20.9. The summed E-state index contributed by atoms with van der Waals surface area (Å²) in [4.78, 5) is 25.2. The quantitative estimate of drug-likeness (QED) is 0.189. The minimum absolute atomic E-state index is 0.129. The van der Waals surface area contributed by atoms with E-state index < -0.39 is 11.8 Å². The molecule has 1 aliphatic heterocycles. The Labute approximate surface area is 177 Å². The van der Waals surface area contributed by atoms with Crippen LogP contribution in [0.25, 0.3) is 0 Å². The van der Waals surface area contributed by atoms with Crippen LogP contribution in [0.15, 0.2) is 0 Å². The molecule has 2 aliphatic rings. The SMILES string of the molecule is CCCCCCCCOC(=O)C1CC2OC2CC1C(=O)OCCCCCCCC. The molecule has 29 heavy (non-hydrogen) atoms. The molecule has 0 amide bonds. The van der Waals surface area contributed by atoms with Gasteiger partial charge in [0.15, 0.2) is 0 Å². The summed E-state index contributed by atoms with van der Waals surface area (Å²) in [6, 6.07) is 0. The lowest BCUT2D eigenvalue weighted by molar-refractivity contribution is -0.162. The number of hydrogen-bond donors (Lipinski definition) is 0. The molecule has 4 atom stereocenters. The molecule has 2 rings (SSSR count). The van der Waals surface area contributed by atoms with Crippen LogP contribution in [0.5, 0.6) is 0 Å². The molecule has 0 aromatic heterocycles. The lowest BCUT2D eigenvalue weighted by Crippen LogP contribution is -2.37. The van der Waals surface area contributed by atoms with Gasteiger partial charge in [-0.25, -0.2) is 0 Å². The highest BCUT2D eigenvalue weighted by Crippen LogP contribution is 2.43. The van der Waals surface area contributed by atoms with Crippen molar-refractivity contribution in [3.05, 3.63) is 0 Å². The van der Waals surface area contributed by atoms with E-state index in [9.17, 15) is 9.59 Å². The fourth-order valence-electron chi connectivity index (χ4n) is 4.27. The van der Waals surface area contributed by atoms with Gasteiger partial charge in [-0.1, -0.05) is 78.1 Å². The molecule has 0 aromatic carbocycles. The Morgan fingerprint density at radius 2 is 1.03 bits per heavy atom. The lowest BCUT2D eigenvalue weighted by atomic mass is 9.79. The zero-order valence-electron chi connectivity index (χ0n) is 18.7. The highest BCUT2D eigenvalue weighted by molar-refractivity contribution is 5.82. The fraction of sp³-hybridized carbons (Fsp3) is 0.917. The first kappa shape index (κ1) is 24.2. The minimum atomic E-state index is -0.407. The molecule has 1 saturated carbocycles. The molecule has 0 spiro atoms. The van der Waals surface area contributed by atoms with Crippen molar-refractivity contribution in [3.63, 3.8) is 0 Å². The van der Waals surface area contributed by atoms with Crippen molar-refractivity contribution in [2.45, 2.75) is 116 Å². The van der Waals surface area contributed by atoms with E-state index in [1.807, 2.05) is 0 Å². The Hall–Kier alpha value is -1.10. The summed E-state index contributed by atoms with van der Waals surface area (Å²) in [5.41, 5.74) is 0. The van der Waals surface area contributed by atoms with Crippen LogP contribution < -0.4 is 0 Å². The molecule has 2 fully saturated rings. The Morgan fingerprint density at radius 1 is 0.655 bits per heavy atom. The Morgan fingerprint density at radius 3 is 1.45 bits per heavy atom. The monoisotopic (exact) mass is 410 g/mol. The number of fused-ring (bicyclic) bond motifs is 1. The van der Waals surface area contributed by atoms with E-state index in [0.29, 0.717) is 26.1 Å². The number of hydrogen-bond acceptors (Lipinski definition) is 5. The number of epoxide rings is 1. The van der Waals surface area contributed by atoms with Gasteiger partial charge >= 0.3 is 11.9 Å². The summed E-state index contributed by atoms with van der Waals surface area (Å²) in [5.74, 6) is -1.30. The van der Waals surface area contributed by atoms with E-state index in [1.54, 1.807) is 0 Å². The molecule has 1 aliphatic carbocycles. The van der Waals surface area contributed by atoms with Gasteiger partial charge in [-0.2, -0.15) is 0 Å². The first-order chi connectivity index (χ1) is 14.2. The van der Waals surface area contributed by atoms with E-state index in [0.717, 1.165) is 25.7 Å². The summed E-state index contributed by atoms with van der Waals surface area (Å²) in [7, 11) is 0. The number of carbonyl (C=O) groups is 2. The van der Waals surface area contributed by atoms with E-state index in [2.05, 4.69) is 13.8 Å². The molecular weight excluding hydrogens is 368 g/mol. The van der Waals surface area contributed by atoms with Crippen molar-refractivity contribution in [1.82, 2.24) is 0 Å². The van der Waals surface area contributed by atoms with Gasteiger partial charge in [0.1, 0.15) is 0 Å². The molecule has 4 unspecified atom stereocenters. The minimum Gasteiger partial charge on any atom is -0.465 e. The average molecular weight is 411 g/mol. The van der Waals surface area contributed by atoms with Crippen LogP contribution in [-0.4, -0.2) is 37.4 Å². The van der Waals surface area contributed by atoms with Crippen LogP contribution in [-0.2, 0) is 23.8 Å². The van der Waals surface area contributed by atoms with Crippen molar-refractivity contribution >= 4 is 11.9 Å². The standard InChI is InChI=1S/C24H42O5/c1-3-5-7-9-11-13-15-27-23(25)19-17-21-22(29-21)18-20(19)24(26)28-16-14-12-10-8-6-4-2/h19-22H,3-18H2,1-2H3. The van der Waals surface area contributed by atoms with E-state index in [1.165, 1.54) is 51.4 Å². The van der Waals surface area contributed by atoms with Gasteiger partial charge in [-0.05, 0) is 25.7 Å². The number of carbonyl (C=O) groups excluding carboxylic acids is 2. The smallest absolute Gasteiger partial charge is 0.309 e. The second-order valence-electron chi connectivity index (χ2n) is 8.77. The summed E-state index contributed by atoms with van der Waals surface area (Å²) in [5, 5.41) is 0. The molecule has 5 heteroatoms. The van der Waals surface area contributed by atoms with Crippen molar-refractivity contribution in [2.75, 3.05) is 13.2 Å². The number of ether oxygens (including phenoxy) is 3. The van der Waals surface area contributed by atoms with Gasteiger partial charge in [0, 0.05) is 0 Å². The van der Waals surface area contributed by atoms with Crippen molar-refractivity contribution < 1.29 is 23.8 Å². The van der Waals surface area contributed by atoms with E-state index >= 15 is 0 Å². The van der Waals surface area contributed by atoms with Crippen molar-refractivity contribution in [1.29, 1.82) is 0 Å². The molecule has 0 aromatic rings. The van der Waals surface area contributed by atoms with E-state index in [-0.39, 0.29) is 24.1 Å². The van der Waals surface area contributed by atoms with Crippen LogP contribution in [0.4, 0.5) is 0 Å². The molecule has 5 nitrogen and oxygen atoms in total. The van der Waals surface area contributed by atoms with Gasteiger partial charge in [0.05, 0.1) is 37.3 Å². The average Bonchev–Trinajstić information content (AvgIpc) is 3.49. The van der Waals surface area contributed by atoms with Gasteiger partial charge in [-0.3, -0.25) is 9.59 Å². The third-order valence-electron chi connectivity index (χ3n) is 6.24. The van der Waals surface area contributed by atoms with Crippen LogP contribution in [0.3, 0.4) is 0 Å². The third kappa shape index (κ3) is 9.06. The molecule has 1 saturated heterocycles. The first-order valence-electron chi connectivity index (χ1n) is 12.2. The van der Waals surface area contributed by atoms with Crippen LogP contribution in [0.2, 0.25) is 0 Å². The normalized spacial score (nSPS) is 25.3. The highest BCUT2D eigenvalue weighted by Gasteiger charge is 2.53.